The number of benzene rings is 2. The molecule has 4 aliphatic rings. The van der Waals surface area contributed by atoms with Gasteiger partial charge in [0.2, 0.25) is 0 Å². The molecule has 2 aromatic rings. The summed E-state index contributed by atoms with van der Waals surface area (Å²) in [5.74, 6) is 2.09. The Morgan fingerprint density at radius 1 is 0.525 bits per heavy atom. The van der Waals surface area contributed by atoms with E-state index >= 15 is 0 Å². The molecular weight excluding hydrogens is 496 g/mol. The summed E-state index contributed by atoms with van der Waals surface area (Å²) in [5, 5.41) is 0. The number of hydrogen-bond donors (Lipinski definition) is 0. The van der Waals surface area contributed by atoms with Crippen molar-refractivity contribution < 1.29 is 19.2 Å². The van der Waals surface area contributed by atoms with Crippen LogP contribution in [0.2, 0.25) is 0 Å². The van der Waals surface area contributed by atoms with Gasteiger partial charge in [0.1, 0.15) is 23.1 Å². The van der Waals surface area contributed by atoms with Crippen LogP contribution in [0.15, 0.2) is 60.7 Å². The summed E-state index contributed by atoms with van der Waals surface area (Å²) in [6, 6.07) is 20.6. The van der Waals surface area contributed by atoms with E-state index in [0.29, 0.717) is 61.7 Å². The number of rotatable bonds is 4. The van der Waals surface area contributed by atoms with E-state index < -0.39 is 0 Å². The zero-order valence-corrected chi connectivity index (χ0v) is 23.9. The lowest BCUT2D eigenvalue weighted by molar-refractivity contribution is -0.139. The van der Waals surface area contributed by atoms with E-state index in [2.05, 4.69) is 24.3 Å². The highest BCUT2D eigenvalue weighted by atomic mass is 16.1. The van der Waals surface area contributed by atoms with Crippen LogP contribution < -0.4 is 0 Å². The molecule has 0 N–H and O–H groups in total. The van der Waals surface area contributed by atoms with Crippen molar-refractivity contribution in [1.29, 1.82) is 0 Å². The van der Waals surface area contributed by atoms with Gasteiger partial charge in [0.25, 0.3) is 0 Å². The van der Waals surface area contributed by atoms with Crippen LogP contribution in [0.5, 0.6) is 0 Å². The summed E-state index contributed by atoms with van der Waals surface area (Å²) in [5.41, 5.74) is 1.96. The van der Waals surface area contributed by atoms with Crippen molar-refractivity contribution in [2.45, 2.75) is 103 Å². The van der Waals surface area contributed by atoms with Crippen LogP contribution >= 0.6 is 0 Å². The standard InChI is InChI=1S/2C18H22O2/c2*19-16-10-11-18(13-14-6-2-1-3-7-14)15(12-16)8-4-5-9-17(18)20/h2*1-3,6-7,15H,4-5,8-13H2/t2*15-,18-/m10/s1. The predicted molar refractivity (Wildman–Crippen MR) is 157 cm³/mol. The average molecular weight is 541 g/mol. The fourth-order valence-electron chi connectivity index (χ4n) is 8.20. The fourth-order valence-corrected chi connectivity index (χ4v) is 8.20. The summed E-state index contributed by atoms with van der Waals surface area (Å²) in [4.78, 5) is 49.2. The van der Waals surface area contributed by atoms with Crippen molar-refractivity contribution in [3.8, 4) is 0 Å². The molecule has 2 aromatic carbocycles. The summed E-state index contributed by atoms with van der Waals surface area (Å²) in [6.07, 6.45) is 13.3. The number of hydrogen-bond acceptors (Lipinski definition) is 4. The molecule has 212 valence electrons. The number of Topliss-reactive ketones (excluding diaryl/α,β-unsaturated/α-hetero) is 4. The van der Waals surface area contributed by atoms with Crippen LogP contribution in [0.4, 0.5) is 0 Å². The van der Waals surface area contributed by atoms with Crippen LogP contribution in [0.1, 0.15) is 101 Å². The molecule has 0 radical (unpaired) electrons. The lowest BCUT2D eigenvalue weighted by atomic mass is 9.60. The van der Waals surface area contributed by atoms with Crippen LogP contribution in [-0.2, 0) is 32.0 Å². The van der Waals surface area contributed by atoms with Gasteiger partial charge in [-0.15, -0.1) is 0 Å². The summed E-state index contributed by atoms with van der Waals surface area (Å²) < 4.78 is 0. The quantitative estimate of drug-likeness (QED) is 0.404. The zero-order chi connectivity index (χ0) is 28.0. The third-order valence-corrected chi connectivity index (χ3v) is 10.5. The first-order valence-corrected chi connectivity index (χ1v) is 15.6. The minimum Gasteiger partial charge on any atom is -0.300 e. The monoisotopic (exact) mass is 540 g/mol. The number of carbonyl (C=O) groups excluding carboxylic acids is 4. The molecule has 4 fully saturated rings. The van der Waals surface area contributed by atoms with E-state index in [9.17, 15) is 19.2 Å². The molecule has 4 atom stereocenters. The van der Waals surface area contributed by atoms with Gasteiger partial charge in [0.05, 0.1) is 0 Å². The summed E-state index contributed by atoms with van der Waals surface area (Å²) in [6.45, 7) is 0. The maximum absolute atomic E-state index is 12.8. The predicted octanol–water partition coefficient (Wildman–Crippen LogP) is 7.46. The van der Waals surface area contributed by atoms with Gasteiger partial charge in [0, 0.05) is 49.4 Å². The number of carbonyl (C=O) groups is 4. The average Bonchev–Trinajstić information content (AvgIpc) is 3.22. The van der Waals surface area contributed by atoms with E-state index in [1.807, 2.05) is 36.4 Å². The van der Waals surface area contributed by atoms with Crippen LogP contribution in [0.25, 0.3) is 0 Å². The second-order valence-electron chi connectivity index (χ2n) is 12.9. The number of ketones is 4. The normalized spacial score (nSPS) is 30.7. The molecule has 4 aliphatic carbocycles. The zero-order valence-electron chi connectivity index (χ0n) is 23.9. The van der Waals surface area contributed by atoms with E-state index in [4.69, 9.17) is 0 Å². The van der Waals surface area contributed by atoms with Crippen molar-refractivity contribution in [3.63, 3.8) is 0 Å². The van der Waals surface area contributed by atoms with Crippen LogP contribution in [0.3, 0.4) is 0 Å². The smallest absolute Gasteiger partial charge is 0.139 e. The molecule has 0 saturated heterocycles. The van der Waals surface area contributed by atoms with E-state index in [-0.39, 0.29) is 22.7 Å². The molecule has 0 unspecified atom stereocenters. The Morgan fingerprint density at radius 2 is 0.925 bits per heavy atom. The molecule has 0 heterocycles. The highest BCUT2D eigenvalue weighted by Crippen LogP contribution is 2.49. The van der Waals surface area contributed by atoms with Crippen LogP contribution in [0, 0.1) is 22.7 Å². The highest BCUT2D eigenvalue weighted by Gasteiger charge is 2.49. The van der Waals surface area contributed by atoms with Gasteiger partial charge in [-0.25, -0.2) is 0 Å². The molecule has 0 aromatic heterocycles. The Kier molecular flexibility index (Phi) is 9.13. The van der Waals surface area contributed by atoms with Gasteiger partial charge in [-0.05, 0) is 74.3 Å². The molecule has 4 saturated carbocycles. The second kappa shape index (κ2) is 12.7. The van der Waals surface area contributed by atoms with Gasteiger partial charge < -0.3 is 0 Å². The molecule has 6 rings (SSSR count). The lowest BCUT2D eigenvalue weighted by Crippen LogP contribution is -2.44. The fraction of sp³-hybridized carbons (Fsp3) is 0.556. The first-order valence-electron chi connectivity index (χ1n) is 15.6. The molecule has 0 bridgehead atoms. The van der Waals surface area contributed by atoms with Gasteiger partial charge in [-0.2, -0.15) is 0 Å². The van der Waals surface area contributed by atoms with Crippen molar-refractivity contribution >= 4 is 23.1 Å². The van der Waals surface area contributed by atoms with Crippen LogP contribution in [-0.4, -0.2) is 23.1 Å². The molecule has 0 amide bonds. The first-order chi connectivity index (χ1) is 19.4. The molecule has 4 heteroatoms. The summed E-state index contributed by atoms with van der Waals surface area (Å²) >= 11 is 0. The van der Waals surface area contributed by atoms with Crippen molar-refractivity contribution in [2.75, 3.05) is 0 Å². The van der Waals surface area contributed by atoms with Crippen molar-refractivity contribution in [2.24, 2.45) is 22.7 Å². The molecule has 40 heavy (non-hydrogen) atoms. The maximum atomic E-state index is 12.8. The Labute approximate surface area is 239 Å². The Morgan fingerprint density at radius 3 is 1.32 bits per heavy atom. The minimum absolute atomic E-state index is 0.258. The Bertz CT molecular complexity index is 1110. The lowest BCUT2D eigenvalue weighted by Gasteiger charge is -2.41. The second-order valence-corrected chi connectivity index (χ2v) is 12.9. The third-order valence-electron chi connectivity index (χ3n) is 10.5. The summed E-state index contributed by atoms with van der Waals surface area (Å²) in [7, 11) is 0. The third kappa shape index (κ3) is 6.21. The minimum atomic E-state index is -0.258. The van der Waals surface area contributed by atoms with Crippen molar-refractivity contribution in [3.05, 3.63) is 71.8 Å². The maximum Gasteiger partial charge on any atom is 0.139 e. The van der Waals surface area contributed by atoms with Crippen molar-refractivity contribution in [1.82, 2.24) is 0 Å². The Hall–Kier alpha value is -2.88. The Balaban J connectivity index is 0.000000161. The van der Waals surface area contributed by atoms with E-state index in [0.717, 1.165) is 64.2 Å². The molecule has 4 nitrogen and oxygen atoms in total. The topological polar surface area (TPSA) is 68.3 Å². The SMILES string of the molecule is O=C1CC[C@@]2(Cc3ccccc3)C(=O)CCCC[C@H]2C1.O=C1CC[C@]2(Cc3ccccc3)C(=O)CCCC[C@@H]2C1. The highest BCUT2D eigenvalue weighted by molar-refractivity contribution is 5.90. The first kappa shape index (κ1) is 28.6. The van der Waals surface area contributed by atoms with Gasteiger partial charge >= 0.3 is 0 Å². The number of fused-ring (bicyclic) bond motifs is 2. The van der Waals surface area contributed by atoms with Gasteiger partial charge in [-0.3, -0.25) is 19.2 Å². The molecule has 0 spiro atoms. The van der Waals surface area contributed by atoms with Gasteiger partial charge in [0.15, 0.2) is 0 Å². The van der Waals surface area contributed by atoms with E-state index in [1.54, 1.807) is 0 Å². The largest absolute Gasteiger partial charge is 0.300 e. The van der Waals surface area contributed by atoms with Gasteiger partial charge in [-0.1, -0.05) is 73.5 Å². The molecule has 0 aliphatic heterocycles. The van der Waals surface area contributed by atoms with E-state index in [1.165, 1.54) is 11.1 Å². The molecular formula is C36H44O4.